The Bertz CT molecular complexity index is 1470. The third-order valence-corrected chi connectivity index (χ3v) is 11.2. The predicted molar refractivity (Wildman–Crippen MR) is 170 cm³/mol. The summed E-state index contributed by atoms with van der Waals surface area (Å²) in [5, 5.41) is 13.4. The van der Waals surface area contributed by atoms with Crippen LogP contribution in [0.15, 0.2) is 42.5 Å². The van der Waals surface area contributed by atoms with Crippen LogP contribution in [-0.4, -0.2) is 84.3 Å². The van der Waals surface area contributed by atoms with E-state index in [2.05, 4.69) is 26.1 Å². The fourth-order valence-corrected chi connectivity index (χ4v) is 8.23. The molecular weight excluding hydrogens is 572 g/mol. The topological polar surface area (TPSA) is 119 Å². The Morgan fingerprint density at radius 2 is 1.47 bits per heavy atom. The molecule has 238 valence electrons. The van der Waals surface area contributed by atoms with E-state index in [-0.39, 0.29) is 34.8 Å². The normalized spacial score (nSPS) is 24.2. The molecule has 5 aliphatic heterocycles. The number of amides is 3. The van der Waals surface area contributed by atoms with Gasteiger partial charge in [-0.2, -0.15) is 0 Å². The van der Waals surface area contributed by atoms with E-state index in [4.69, 9.17) is 0 Å². The summed E-state index contributed by atoms with van der Waals surface area (Å²) in [5.41, 5.74) is 4.43. The van der Waals surface area contributed by atoms with Crippen LogP contribution in [0.4, 0.5) is 17.1 Å². The molecule has 1 N–H and O–H groups in total. The van der Waals surface area contributed by atoms with E-state index in [1.54, 1.807) is 17.0 Å². The van der Waals surface area contributed by atoms with Crippen LogP contribution >= 0.6 is 0 Å². The molecular formula is C34H42N6O5. The third-order valence-electron chi connectivity index (χ3n) is 11.2. The molecule has 1 atom stereocenters. The molecule has 3 amide bonds. The van der Waals surface area contributed by atoms with Gasteiger partial charge in [0.1, 0.15) is 6.04 Å². The van der Waals surface area contributed by atoms with E-state index in [0.717, 1.165) is 56.0 Å². The van der Waals surface area contributed by atoms with Crippen molar-refractivity contribution < 1.29 is 19.3 Å². The minimum absolute atomic E-state index is 0.122. The van der Waals surface area contributed by atoms with Gasteiger partial charge in [-0.05, 0) is 105 Å². The molecule has 0 aliphatic carbocycles. The lowest BCUT2D eigenvalue weighted by Crippen LogP contribution is -2.52. The summed E-state index contributed by atoms with van der Waals surface area (Å²) in [6, 6.07) is 12.5. The number of nitro benzene ring substituents is 1. The van der Waals surface area contributed by atoms with E-state index in [1.807, 2.05) is 24.3 Å². The second-order valence-electron chi connectivity index (χ2n) is 13.7. The van der Waals surface area contributed by atoms with Gasteiger partial charge in [0.05, 0.1) is 4.92 Å². The van der Waals surface area contributed by atoms with E-state index in [9.17, 15) is 24.5 Å². The van der Waals surface area contributed by atoms with Crippen molar-refractivity contribution in [1.82, 2.24) is 15.1 Å². The summed E-state index contributed by atoms with van der Waals surface area (Å²) in [6.07, 6.45) is 7.84. The number of hydrogen-bond acceptors (Lipinski definition) is 8. The number of imide groups is 1. The maximum atomic E-state index is 13.1. The zero-order valence-electron chi connectivity index (χ0n) is 25.8. The van der Waals surface area contributed by atoms with Crippen LogP contribution < -0.4 is 15.1 Å². The predicted octanol–water partition coefficient (Wildman–Crippen LogP) is 3.95. The number of carbonyl (C=O) groups is 3. The van der Waals surface area contributed by atoms with E-state index in [0.29, 0.717) is 29.9 Å². The number of likely N-dealkylation sites (tertiary alicyclic amines) is 1. The molecule has 0 aromatic heterocycles. The molecule has 4 fully saturated rings. The Morgan fingerprint density at radius 3 is 2.13 bits per heavy atom. The van der Waals surface area contributed by atoms with Crippen molar-refractivity contribution >= 4 is 34.8 Å². The average Bonchev–Trinajstić information content (AvgIpc) is 3.38. The second kappa shape index (κ2) is 12.1. The van der Waals surface area contributed by atoms with Crippen LogP contribution in [0.3, 0.4) is 0 Å². The number of nitrogens with zero attached hydrogens (tertiary/aromatic N) is 5. The minimum Gasteiger partial charge on any atom is -0.372 e. The first-order chi connectivity index (χ1) is 21.8. The number of piperidine rings is 4. The summed E-state index contributed by atoms with van der Waals surface area (Å²) in [7, 11) is 0. The first kappa shape index (κ1) is 29.7. The highest BCUT2D eigenvalue weighted by Crippen LogP contribution is 2.42. The number of rotatable bonds is 6. The van der Waals surface area contributed by atoms with Gasteiger partial charge < -0.3 is 19.6 Å². The van der Waals surface area contributed by atoms with Crippen LogP contribution in [0.25, 0.3) is 0 Å². The Balaban J connectivity index is 0.863. The fourth-order valence-electron chi connectivity index (χ4n) is 8.23. The van der Waals surface area contributed by atoms with Gasteiger partial charge in [-0.25, -0.2) is 0 Å². The molecule has 0 saturated carbocycles. The Morgan fingerprint density at radius 1 is 0.822 bits per heavy atom. The smallest absolute Gasteiger partial charge is 0.269 e. The molecule has 5 heterocycles. The lowest BCUT2D eigenvalue weighted by Gasteiger charge is -2.48. The van der Waals surface area contributed by atoms with E-state index >= 15 is 0 Å². The number of anilines is 2. The Kier molecular flexibility index (Phi) is 7.97. The summed E-state index contributed by atoms with van der Waals surface area (Å²) in [6.45, 7) is 7.95. The Labute approximate surface area is 263 Å². The maximum Gasteiger partial charge on any atom is 0.269 e. The van der Waals surface area contributed by atoms with Crippen LogP contribution in [0.5, 0.6) is 0 Å². The zero-order valence-corrected chi connectivity index (χ0v) is 25.8. The first-order valence-corrected chi connectivity index (χ1v) is 16.5. The molecule has 5 aliphatic rings. The molecule has 2 aromatic rings. The van der Waals surface area contributed by atoms with Crippen molar-refractivity contribution in [3.8, 4) is 0 Å². The highest BCUT2D eigenvalue weighted by atomic mass is 16.6. The Hall–Kier alpha value is -3.99. The van der Waals surface area contributed by atoms with Gasteiger partial charge in [0.25, 0.3) is 11.6 Å². The van der Waals surface area contributed by atoms with Crippen molar-refractivity contribution in [1.29, 1.82) is 0 Å². The van der Waals surface area contributed by atoms with Crippen LogP contribution in [0.1, 0.15) is 67.3 Å². The van der Waals surface area contributed by atoms with Gasteiger partial charge in [0.2, 0.25) is 11.8 Å². The van der Waals surface area contributed by atoms with Crippen molar-refractivity contribution in [3.63, 3.8) is 0 Å². The molecule has 4 saturated heterocycles. The highest BCUT2D eigenvalue weighted by Gasteiger charge is 2.40. The van der Waals surface area contributed by atoms with Gasteiger partial charge >= 0.3 is 0 Å². The summed E-state index contributed by atoms with van der Waals surface area (Å²) >= 11 is 0. The monoisotopic (exact) mass is 614 g/mol. The quantitative estimate of drug-likeness (QED) is 0.295. The lowest BCUT2D eigenvalue weighted by molar-refractivity contribution is -0.384. The molecule has 1 unspecified atom stereocenters. The summed E-state index contributed by atoms with van der Waals surface area (Å²) in [4.78, 5) is 56.8. The molecule has 7 rings (SSSR count). The molecule has 2 aromatic carbocycles. The van der Waals surface area contributed by atoms with E-state index < -0.39 is 6.04 Å². The molecule has 11 nitrogen and oxygen atoms in total. The molecule has 0 bridgehead atoms. The molecule has 1 spiro atoms. The minimum atomic E-state index is -0.582. The number of fused-ring (bicyclic) bond motifs is 1. The van der Waals surface area contributed by atoms with Gasteiger partial charge in [0, 0.05) is 74.8 Å². The zero-order chi connectivity index (χ0) is 31.1. The van der Waals surface area contributed by atoms with Gasteiger partial charge in [-0.3, -0.25) is 29.8 Å². The number of hydrogen-bond donors (Lipinski definition) is 1. The van der Waals surface area contributed by atoms with Crippen LogP contribution in [0, 0.1) is 21.4 Å². The number of benzene rings is 2. The summed E-state index contributed by atoms with van der Waals surface area (Å²) in [5.74, 6) is -0.0700. The molecule has 11 heteroatoms. The lowest BCUT2D eigenvalue weighted by atomic mass is 9.71. The molecule has 0 radical (unpaired) electrons. The van der Waals surface area contributed by atoms with Gasteiger partial charge in [-0.15, -0.1) is 0 Å². The van der Waals surface area contributed by atoms with Crippen LogP contribution in [0.2, 0.25) is 0 Å². The summed E-state index contributed by atoms with van der Waals surface area (Å²) < 4.78 is 0. The molecule has 45 heavy (non-hydrogen) atoms. The SMILES string of the molecule is O=C1CCC(N2Cc3cc(N4CCC(CN5CCC6(CC5)CCN(c5ccc([N+](=O)[O-])cc5)CC6)CC4)ccc3C2=O)C(=O)N1. The number of nitro groups is 1. The number of carbonyl (C=O) groups excluding carboxylic acids is 3. The van der Waals surface area contributed by atoms with Crippen molar-refractivity contribution in [3.05, 3.63) is 63.7 Å². The third kappa shape index (κ3) is 6.02. The largest absolute Gasteiger partial charge is 0.372 e. The number of nitrogens with one attached hydrogen (secondary N) is 1. The van der Waals surface area contributed by atoms with Gasteiger partial charge in [0.15, 0.2) is 0 Å². The van der Waals surface area contributed by atoms with Crippen molar-refractivity contribution in [2.45, 2.75) is 64.0 Å². The van der Waals surface area contributed by atoms with Gasteiger partial charge in [-0.1, -0.05) is 0 Å². The average molecular weight is 615 g/mol. The maximum absolute atomic E-state index is 13.1. The first-order valence-electron chi connectivity index (χ1n) is 16.5. The number of non-ortho nitro benzene ring substituents is 1. The van der Waals surface area contributed by atoms with E-state index in [1.165, 1.54) is 45.3 Å². The van der Waals surface area contributed by atoms with Crippen molar-refractivity contribution in [2.75, 3.05) is 55.6 Å². The fraction of sp³-hybridized carbons (Fsp3) is 0.559. The standard InChI is InChI=1S/C34H42N6O5/c41-31-8-7-30(32(42)35-31)39-23-25-21-28(5-6-29(25)33(39)43)37-15-9-24(10-16-37)22-36-17-11-34(12-18-36)13-19-38(20-14-34)26-1-3-27(4-2-26)40(44)45/h1-6,21,24,30H,7-20,22-23H2,(H,35,41,42). The second-order valence-corrected chi connectivity index (χ2v) is 13.7. The van der Waals surface area contributed by atoms with Crippen LogP contribution in [-0.2, 0) is 16.1 Å². The van der Waals surface area contributed by atoms with Crippen molar-refractivity contribution in [2.24, 2.45) is 11.3 Å². The highest BCUT2D eigenvalue weighted by molar-refractivity contribution is 6.05.